The summed E-state index contributed by atoms with van der Waals surface area (Å²) in [6.07, 6.45) is 0. The van der Waals surface area contributed by atoms with E-state index in [2.05, 4.69) is 29.2 Å². The Morgan fingerprint density at radius 1 is 0.926 bits per heavy atom. The lowest BCUT2D eigenvalue weighted by atomic mass is 10.1. The molecule has 0 aliphatic heterocycles. The third-order valence-corrected chi connectivity index (χ3v) is 4.53. The van der Waals surface area contributed by atoms with Gasteiger partial charge in [-0.25, -0.2) is 0 Å². The van der Waals surface area contributed by atoms with Gasteiger partial charge in [-0.05, 0) is 48.5 Å². The number of carbonyl (C=O) groups is 3. The second-order valence-electron chi connectivity index (χ2n) is 5.98. The highest BCUT2D eigenvalue weighted by molar-refractivity contribution is 7.99. The van der Waals surface area contributed by atoms with E-state index in [0.717, 1.165) is 4.90 Å². The van der Waals surface area contributed by atoms with Crippen molar-refractivity contribution >= 4 is 35.2 Å². The number of carbonyl (C=O) groups excluding carboxylic acids is 3. The zero-order valence-electron chi connectivity index (χ0n) is 15.4. The smallest absolute Gasteiger partial charge is 0.325 e. The Morgan fingerprint density at radius 2 is 1.48 bits per heavy atom. The summed E-state index contributed by atoms with van der Waals surface area (Å²) in [5, 5.41) is 5.72. The van der Waals surface area contributed by atoms with Crippen LogP contribution in [0.3, 0.4) is 0 Å². The minimum absolute atomic E-state index is 0.196. The Morgan fingerprint density at radius 3 is 2.04 bits per heavy atom. The molecule has 0 aromatic heterocycles. The van der Waals surface area contributed by atoms with Gasteiger partial charge in [-0.1, -0.05) is 13.8 Å². The fraction of sp³-hybridized carbons (Fsp3) is 0.250. The van der Waals surface area contributed by atoms with E-state index in [4.69, 9.17) is 0 Å². The van der Waals surface area contributed by atoms with Crippen LogP contribution >= 0.6 is 11.8 Å². The summed E-state index contributed by atoms with van der Waals surface area (Å²) >= 11 is 1.74. The molecular formula is C20H22N2O4S. The Labute approximate surface area is 162 Å². The van der Waals surface area contributed by atoms with Crippen molar-refractivity contribution in [1.82, 2.24) is 5.32 Å². The van der Waals surface area contributed by atoms with E-state index >= 15 is 0 Å². The van der Waals surface area contributed by atoms with Gasteiger partial charge in [0.2, 0.25) is 0 Å². The third kappa shape index (κ3) is 6.45. The van der Waals surface area contributed by atoms with Crippen molar-refractivity contribution in [1.29, 1.82) is 0 Å². The molecule has 2 amide bonds. The number of amides is 2. The third-order valence-electron chi connectivity index (χ3n) is 3.51. The van der Waals surface area contributed by atoms with Gasteiger partial charge in [0.1, 0.15) is 6.54 Å². The van der Waals surface area contributed by atoms with Crippen LogP contribution in [0.4, 0.5) is 5.69 Å². The molecule has 0 unspecified atom stereocenters. The van der Waals surface area contributed by atoms with E-state index in [1.807, 2.05) is 12.1 Å². The van der Waals surface area contributed by atoms with Crippen molar-refractivity contribution in [2.45, 2.75) is 24.0 Å². The van der Waals surface area contributed by atoms with Gasteiger partial charge in [0.15, 0.2) is 0 Å². The summed E-state index contributed by atoms with van der Waals surface area (Å²) in [5.41, 5.74) is 1.51. The first-order valence-electron chi connectivity index (χ1n) is 8.42. The van der Waals surface area contributed by atoms with Crippen LogP contribution in [0.5, 0.6) is 0 Å². The van der Waals surface area contributed by atoms with Crippen molar-refractivity contribution in [3.8, 4) is 0 Å². The molecule has 7 heteroatoms. The lowest BCUT2D eigenvalue weighted by Crippen LogP contribution is -2.30. The maximum atomic E-state index is 12.3. The number of hydrogen-bond donors (Lipinski definition) is 2. The van der Waals surface area contributed by atoms with Crippen LogP contribution in [0, 0.1) is 0 Å². The number of hydrogen-bond acceptors (Lipinski definition) is 5. The van der Waals surface area contributed by atoms with E-state index in [1.165, 1.54) is 7.11 Å². The number of ether oxygens (including phenoxy) is 1. The Balaban J connectivity index is 1.94. The molecule has 0 fully saturated rings. The van der Waals surface area contributed by atoms with E-state index in [0.29, 0.717) is 22.1 Å². The molecule has 2 aromatic rings. The maximum Gasteiger partial charge on any atom is 0.325 e. The van der Waals surface area contributed by atoms with E-state index in [9.17, 15) is 14.4 Å². The van der Waals surface area contributed by atoms with Crippen LogP contribution in [0.15, 0.2) is 53.4 Å². The highest BCUT2D eigenvalue weighted by atomic mass is 32.2. The number of anilines is 1. The topological polar surface area (TPSA) is 84.5 Å². The fourth-order valence-electron chi connectivity index (χ4n) is 2.19. The lowest BCUT2D eigenvalue weighted by molar-refractivity contribution is -0.139. The largest absolute Gasteiger partial charge is 0.468 e. The molecule has 2 aromatic carbocycles. The molecule has 0 bridgehead atoms. The number of methoxy groups -OCH3 is 1. The van der Waals surface area contributed by atoms with Crippen molar-refractivity contribution in [2.75, 3.05) is 19.0 Å². The minimum Gasteiger partial charge on any atom is -0.468 e. The molecule has 2 N–H and O–H groups in total. The second-order valence-corrected chi connectivity index (χ2v) is 7.63. The van der Waals surface area contributed by atoms with E-state index in [1.54, 1.807) is 48.2 Å². The summed E-state index contributed by atoms with van der Waals surface area (Å²) in [4.78, 5) is 36.4. The quantitative estimate of drug-likeness (QED) is 0.563. The lowest BCUT2D eigenvalue weighted by Gasteiger charge is -2.08. The van der Waals surface area contributed by atoms with Gasteiger partial charge in [-0.3, -0.25) is 14.4 Å². The van der Waals surface area contributed by atoms with E-state index in [-0.39, 0.29) is 12.5 Å². The summed E-state index contributed by atoms with van der Waals surface area (Å²) in [6, 6.07) is 13.8. The van der Waals surface area contributed by atoms with Crippen molar-refractivity contribution in [2.24, 2.45) is 0 Å². The molecule has 0 aliphatic carbocycles. The molecule has 27 heavy (non-hydrogen) atoms. The summed E-state index contributed by atoms with van der Waals surface area (Å²) in [7, 11) is 1.25. The highest BCUT2D eigenvalue weighted by Crippen LogP contribution is 2.23. The van der Waals surface area contributed by atoms with Crippen LogP contribution in [0.25, 0.3) is 0 Å². The molecule has 142 valence electrons. The van der Waals surface area contributed by atoms with Gasteiger partial charge in [0, 0.05) is 27.0 Å². The summed E-state index contributed by atoms with van der Waals surface area (Å²) in [6.45, 7) is 4.04. The molecule has 0 heterocycles. The van der Waals surface area contributed by atoms with Crippen molar-refractivity contribution in [3.63, 3.8) is 0 Å². The van der Waals surface area contributed by atoms with Gasteiger partial charge in [-0.15, -0.1) is 11.8 Å². The number of nitrogens with one attached hydrogen (secondary N) is 2. The molecule has 0 spiro atoms. The standard InChI is InChI=1S/C20H22N2O4S/c1-13(2)27-17-10-6-15(7-11-17)20(25)22-16-8-4-14(5-9-16)19(24)21-12-18(23)26-3/h4-11,13H,12H2,1-3H3,(H,21,24)(H,22,25). The zero-order valence-corrected chi connectivity index (χ0v) is 16.3. The monoisotopic (exact) mass is 386 g/mol. The first kappa shape index (κ1) is 20.5. The molecule has 0 atom stereocenters. The van der Waals surface area contributed by atoms with Gasteiger partial charge in [0.05, 0.1) is 7.11 Å². The van der Waals surface area contributed by atoms with Crippen LogP contribution in [-0.2, 0) is 9.53 Å². The van der Waals surface area contributed by atoms with Crippen LogP contribution in [-0.4, -0.2) is 36.7 Å². The van der Waals surface area contributed by atoms with Crippen molar-refractivity contribution < 1.29 is 19.1 Å². The first-order valence-corrected chi connectivity index (χ1v) is 9.30. The van der Waals surface area contributed by atoms with Crippen LogP contribution in [0.2, 0.25) is 0 Å². The Kier molecular flexibility index (Phi) is 7.43. The Bertz CT molecular complexity index is 802. The van der Waals surface area contributed by atoms with Gasteiger partial charge >= 0.3 is 5.97 Å². The molecule has 0 aliphatic rings. The fourth-order valence-corrected chi connectivity index (χ4v) is 3.03. The molecule has 6 nitrogen and oxygen atoms in total. The average molecular weight is 386 g/mol. The first-order chi connectivity index (χ1) is 12.9. The maximum absolute atomic E-state index is 12.3. The van der Waals surface area contributed by atoms with Gasteiger partial charge in [0.25, 0.3) is 11.8 Å². The molecule has 0 saturated heterocycles. The molecular weight excluding hydrogens is 364 g/mol. The van der Waals surface area contributed by atoms with Crippen LogP contribution in [0.1, 0.15) is 34.6 Å². The van der Waals surface area contributed by atoms with Gasteiger partial charge < -0.3 is 15.4 Å². The number of thioether (sulfide) groups is 1. The van der Waals surface area contributed by atoms with Crippen molar-refractivity contribution in [3.05, 3.63) is 59.7 Å². The van der Waals surface area contributed by atoms with E-state index < -0.39 is 11.9 Å². The Hall–Kier alpha value is -2.80. The van der Waals surface area contributed by atoms with Gasteiger partial charge in [-0.2, -0.15) is 0 Å². The summed E-state index contributed by atoms with van der Waals surface area (Å²) < 4.78 is 4.46. The number of rotatable bonds is 7. The van der Waals surface area contributed by atoms with Crippen LogP contribution < -0.4 is 10.6 Å². The predicted molar refractivity (Wildman–Crippen MR) is 106 cm³/mol. The SMILES string of the molecule is COC(=O)CNC(=O)c1ccc(NC(=O)c2ccc(SC(C)C)cc2)cc1. The minimum atomic E-state index is -0.523. The average Bonchev–Trinajstić information content (AvgIpc) is 2.66. The summed E-state index contributed by atoms with van der Waals surface area (Å²) in [5.74, 6) is -1.14. The molecule has 0 saturated carbocycles. The predicted octanol–water partition coefficient (Wildman–Crippen LogP) is 3.34. The molecule has 2 rings (SSSR count). The number of esters is 1. The zero-order chi connectivity index (χ0) is 19.8. The number of benzene rings is 2. The second kappa shape index (κ2) is 9.78. The normalized spacial score (nSPS) is 10.4. The highest BCUT2D eigenvalue weighted by Gasteiger charge is 2.10. The molecule has 0 radical (unpaired) electrons.